The molecule has 2 rings (SSSR count). The van der Waals surface area contributed by atoms with Crippen LogP contribution in [0.15, 0.2) is 73.3 Å². The van der Waals surface area contributed by atoms with E-state index in [-0.39, 0.29) is 0 Å². The summed E-state index contributed by atoms with van der Waals surface area (Å²) in [4.78, 5) is 12.6. The van der Waals surface area contributed by atoms with Gasteiger partial charge in [0.25, 0.3) is 0 Å². The van der Waals surface area contributed by atoms with Gasteiger partial charge in [0.15, 0.2) is 0 Å². The molecule has 4 nitrogen and oxygen atoms in total. The predicted octanol–water partition coefficient (Wildman–Crippen LogP) is 4.19. The third kappa shape index (κ3) is 5.58. The molecule has 0 aliphatic carbocycles. The molecular formula is C24H33NO3Si. The van der Waals surface area contributed by atoms with E-state index in [0.717, 1.165) is 10.8 Å². The first-order valence-corrected chi connectivity index (χ1v) is 12.9. The van der Waals surface area contributed by atoms with Crippen LogP contribution in [0.25, 0.3) is 0 Å². The zero-order valence-corrected chi connectivity index (χ0v) is 19.1. The molecule has 2 aromatic rings. The first-order chi connectivity index (χ1) is 13.5. The quantitative estimate of drug-likeness (QED) is 0.530. The van der Waals surface area contributed by atoms with Gasteiger partial charge in [0, 0.05) is 0 Å². The number of ether oxygens (including phenoxy) is 1. The van der Waals surface area contributed by atoms with Crippen molar-refractivity contribution in [1.82, 2.24) is 5.32 Å². The Morgan fingerprint density at radius 1 is 1.10 bits per heavy atom. The van der Waals surface area contributed by atoms with Crippen molar-refractivity contribution >= 4 is 19.4 Å². The molecule has 2 unspecified atom stereocenters. The highest BCUT2D eigenvalue weighted by molar-refractivity contribution is 6.92. The Kier molecular flexibility index (Phi) is 7.09. The van der Waals surface area contributed by atoms with Crippen LogP contribution in [0.4, 0.5) is 4.79 Å². The smallest absolute Gasteiger partial charge is 0.407 e. The summed E-state index contributed by atoms with van der Waals surface area (Å²) in [5.41, 5.74) is 0.395. The van der Waals surface area contributed by atoms with Gasteiger partial charge >= 0.3 is 6.09 Å². The largest absolute Gasteiger partial charge is 0.444 e. The molecular weight excluding hydrogens is 378 g/mol. The average molecular weight is 412 g/mol. The molecule has 2 aromatic carbocycles. The number of alkyl carbamates (subject to hydrolysis) is 1. The van der Waals surface area contributed by atoms with Crippen molar-refractivity contribution < 1.29 is 14.6 Å². The summed E-state index contributed by atoms with van der Waals surface area (Å²) in [7, 11) is -2.51. The van der Waals surface area contributed by atoms with Crippen molar-refractivity contribution in [3.05, 3.63) is 78.9 Å². The van der Waals surface area contributed by atoms with E-state index in [0.29, 0.717) is 6.42 Å². The van der Waals surface area contributed by atoms with Gasteiger partial charge in [-0.05, 0) is 32.8 Å². The van der Waals surface area contributed by atoms with Gasteiger partial charge in [-0.3, -0.25) is 0 Å². The molecule has 0 saturated heterocycles. The van der Waals surface area contributed by atoms with Gasteiger partial charge < -0.3 is 15.2 Å². The van der Waals surface area contributed by atoms with E-state index in [2.05, 4.69) is 25.0 Å². The fraction of sp³-hybridized carbons (Fsp3) is 0.375. The first-order valence-electron chi connectivity index (χ1n) is 9.94. The molecule has 0 aliphatic rings. The van der Waals surface area contributed by atoms with E-state index >= 15 is 0 Å². The summed E-state index contributed by atoms with van der Waals surface area (Å²) in [5.74, 6) is 0. The number of hydrogen-bond acceptors (Lipinski definition) is 3. The Morgan fingerprint density at radius 3 is 2.10 bits per heavy atom. The fourth-order valence-corrected chi connectivity index (χ4v) is 6.58. The summed E-state index contributed by atoms with van der Waals surface area (Å²) in [5, 5.41) is 14.7. The molecule has 0 bridgehead atoms. The van der Waals surface area contributed by atoms with Crippen LogP contribution in [0.2, 0.25) is 13.1 Å². The van der Waals surface area contributed by atoms with Crippen molar-refractivity contribution in [3.8, 4) is 0 Å². The predicted molar refractivity (Wildman–Crippen MR) is 122 cm³/mol. The van der Waals surface area contributed by atoms with Gasteiger partial charge in [0.2, 0.25) is 0 Å². The molecule has 2 N–H and O–H groups in total. The van der Waals surface area contributed by atoms with E-state index in [1.54, 1.807) is 6.08 Å². The summed E-state index contributed by atoms with van der Waals surface area (Å²) in [6.45, 7) is 13.6. The molecule has 0 heterocycles. The van der Waals surface area contributed by atoms with Gasteiger partial charge in [-0.25, -0.2) is 4.79 Å². The minimum atomic E-state index is -2.51. The van der Waals surface area contributed by atoms with Crippen LogP contribution in [0.5, 0.6) is 0 Å². The summed E-state index contributed by atoms with van der Waals surface area (Å²) in [6, 6.07) is 19.2. The third-order valence-corrected chi connectivity index (χ3v) is 9.64. The lowest BCUT2D eigenvalue weighted by Crippen LogP contribution is -2.70. The van der Waals surface area contributed by atoms with Crippen molar-refractivity contribution in [1.29, 1.82) is 0 Å². The first kappa shape index (κ1) is 22.9. The maximum atomic E-state index is 12.6. The fourth-order valence-electron chi connectivity index (χ4n) is 3.54. The summed E-state index contributed by atoms with van der Waals surface area (Å²) < 4.78 is 5.48. The molecule has 0 aliphatic heterocycles. The van der Waals surface area contributed by atoms with Crippen molar-refractivity contribution in [2.75, 3.05) is 0 Å². The lowest BCUT2D eigenvalue weighted by atomic mass is 10.0. The second-order valence-electron chi connectivity index (χ2n) is 8.91. The van der Waals surface area contributed by atoms with E-state index in [9.17, 15) is 9.90 Å². The number of rotatable bonds is 7. The normalized spacial score (nSPS) is 15.1. The summed E-state index contributed by atoms with van der Waals surface area (Å²) in [6.07, 6.45) is 1.51. The molecule has 0 radical (unpaired) electrons. The van der Waals surface area contributed by atoms with Crippen molar-refractivity contribution in [3.63, 3.8) is 0 Å². The molecule has 2 atom stereocenters. The lowest BCUT2D eigenvalue weighted by Gasteiger charge is -2.45. The number of benzene rings is 2. The Balaban J connectivity index is 2.45. The molecule has 0 saturated carbocycles. The number of amides is 1. The van der Waals surface area contributed by atoms with Gasteiger partial charge in [-0.2, -0.15) is 0 Å². The van der Waals surface area contributed by atoms with Crippen LogP contribution >= 0.6 is 0 Å². The Morgan fingerprint density at radius 2 is 1.62 bits per heavy atom. The molecule has 0 aromatic heterocycles. The highest BCUT2D eigenvalue weighted by Crippen LogP contribution is 2.28. The number of carbonyl (C=O) groups is 1. The van der Waals surface area contributed by atoms with Gasteiger partial charge in [0.1, 0.15) is 13.7 Å². The highest BCUT2D eigenvalue weighted by atomic mass is 28.3. The number of nitrogens with one attached hydrogen (secondary N) is 1. The maximum Gasteiger partial charge on any atom is 0.407 e. The van der Waals surface area contributed by atoms with Crippen molar-refractivity contribution in [2.45, 2.75) is 57.2 Å². The van der Waals surface area contributed by atoms with Crippen LogP contribution in [-0.4, -0.2) is 36.1 Å². The van der Waals surface area contributed by atoms with E-state index in [1.165, 1.54) is 0 Å². The van der Waals surface area contributed by atoms with Gasteiger partial charge in [0.05, 0.1) is 11.3 Å². The molecule has 0 fully saturated rings. The topological polar surface area (TPSA) is 58.6 Å². The van der Waals surface area contributed by atoms with Crippen LogP contribution in [0.1, 0.15) is 26.3 Å². The monoisotopic (exact) mass is 411 g/mol. The van der Waals surface area contributed by atoms with Crippen LogP contribution in [-0.2, 0) is 11.2 Å². The number of carbonyl (C=O) groups excluding carboxylic acids is 1. The van der Waals surface area contributed by atoms with E-state index in [1.807, 2.05) is 81.4 Å². The van der Waals surface area contributed by atoms with Crippen LogP contribution < -0.4 is 10.5 Å². The zero-order chi connectivity index (χ0) is 21.7. The van der Waals surface area contributed by atoms with Crippen LogP contribution in [0, 0.1) is 0 Å². The minimum absolute atomic E-state index is 0.464. The second kappa shape index (κ2) is 8.97. The Hall–Kier alpha value is -2.37. The standard InChI is InChI=1S/C24H33NO3Si/c1-7-24(27,29(5,6)20-16-12-9-13-17-20)21(18-19-14-10-8-11-15-19)25-22(26)28-23(2,3)4/h7-17,21,27H,1,18H2,2-6H3,(H,25,26). The Labute approximate surface area is 175 Å². The molecule has 5 heteroatoms. The van der Waals surface area contributed by atoms with Gasteiger partial charge in [-0.15, -0.1) is 6.58 Å². The van der Waals surface area contributed by atoms with Crippen molar-refractivity contribution in [2.24, 2.45) is 0 Å². The lowest BCUT2D eigenvalue weighted by molar-refractivity contribution is 0.0410. The van der Waals surface area contributed by atoms with E-state index < -0.39 is 31.0 Å². The highest BCUT2D eigenvalue weighted by Gasteiger charge is 2.50. The molecule has 0 spiro atoms. The minimum Gasteiger partial charge on any atom is -0.444 e. The SMILES string of the molecule is C=CC(O)(C(Cc1ccccc1)NC(=O)OC(C)(C)C)[Si](C)(C)c1ccccc1. The second-order valence-corrected chi connectivity index (χ2v) is 13.5. The zero-order valence-electron chi connectivity index (χ0n) is 18.1. The van der Waals surface area contributed by atoms with E-state index in [4.69, 9.17) is 4.74 Å². The number of aliphatic hydroxyl groups is 1. The van der Waals surface area contributed by atoms with Crippen LogP contribution in [0.3, 0.4) is 0 Å². The molecule has 1 amide bonds. The molecule has 29 heavy (non-hydrogen) atoms. The third-order valence-electron chi connectivity index (χ3n) is 5.31. The van der Waals surface area contributed by atoms with Gasteiger partial charge in [-0.1, -0.05) is 85.0 Å². The number of hydrogen-bond donors (Lipinski definition) is 2. The average Bonchev–Trinajstić information content (AvgIpc) is 2.66. The summed E-state index contributed by atoms with van der Waals surface area (Å²) >= 11 is 0. The Bertz CT molecular complexity index is 815. The maximum absolute atomic E-state index is 12.6. The molecule has 156 valence electrons.